The minimum atomic E-state index is -0.617. The molecule has 0 aliphatic carbocycles. The minimum Gasteiger partial charge on any atom is -0.506 e. The summed E-state index contributed by atoms with van der Waals surface area (Å²) in [6, 6.07) is 7.01. The predicted molar refractivity (Wildman–Crippen MR) is 78.8 cm³/mol. The molecule has 0 aliphatic rings. The van der Waals surface area contributed by atoms with Crippen LogP contribution >= 0.6 is 31.9 Å². The van der Waals surface area contributed by atoms with Crippen LogP contribution in [-0.4, -0.2) is 5.11 Å². The third-order valence-electron chi connectivity index (χ3n) is 2.48. The predicted octanol–water partition coefficient (Wildman–Crippen LogP) is 5.37. The number of rotatable bonds is 2. The molecule has 2 rings (SSSR count). The topological polar surface area (TPSA) is 20.2 Å². The largest absolute Gasteiger partial charge is 0.506 e. The summed E-state index contributed by atoms with van der Waals surface area (Å²) in [5, 5.41) is 9.57. The Morgan fingerprint density at radius 2 is 1.47 bits per heavy atom. The Bertz CT molecular complexity index is 611. The minimum absolute atomic E-state index is 0.0780. The third-order valence-corrected chi connectivity index (χ3v) is 3.69. The molecule has 19 heavy (non-hydrogen) atoms. The van der Waals surface area contributed by atoms with Gasteiger partial charge in [-0.2, -0.15) is 0 Å². The van der Waals surface area contributed by atoms with Crippen LogP contribution in [0.4, 0.5) is 8.78 Å². The summed E-state index contributed by atoms with van der Waals surface area (Å²) in [7, 11) is 0. The van der Waals surface area contributed by atoms with Crippen molar-refractivity contribution in [2.24, 2.45) is 0 Å². The normalized spacial score (nSPS) is 11.2. The summed E-state index contributed by atoms with van der Waals surface area (Å²) in [5.41, 5.74) is 0.599. The quantitative estimate of drug-likeness (QED) is 0.685. The molecule has 0 aromatic heterocycles. The lowest BCUT2D eigenvalue weighted by molar-refractivity contribution is 0.468. The van der Waals surface area contributed by atoms with Gasteiger partial charge in [0.25, 0.3) is 0 Å². The molecule has 0 bridgehead atoms. The van der Waals surface area contributed by atoms with E-state index >= 15 is 0 Å². The van der Waals surface area contributed by atoms with Gasteiger partial charge in [-0.3, -0.25) is 0 Å². The Hall–Kier alpha value is -1.20. The van der Waals surface area contributed by atoms with Crippen molar-refractivity contribution < 1.29 is 13.9 Å². The zero-order valence-electron chi connectivity index (χ0n) is 9.50. The average Bonchev–Trinajstić information content (AvgIpc) is 2.35. The molecule has 2 aromatic carbocycles. The second-order valence-corrected chi connectivity index (χ2v) is 5.51. The van der Waals surface area contributed by atoms with Crippen LogP contribution in [0.1, 0.15) is 11.1 Å². The molecular weight excluding hydrogens is 382 g/mol. The number of halogens is 4. The van der Waals surface area contributed by atoms with Crippen LogP contribution in [0.25, 0.3) is 12.2 Å². The van der Waals surface area contributed by atoms with Gasteiger partial charge < -0.3 is 5.11 Å². The molecule has 0 saturated heterocycles. The molecule has 2 aromatic rings. The van der Waals surface area contributed by atoms with Crippen molar-refractivity contribution in [1.82, 2.24) is 0 Å². The maximum atomic E-state index is 13.4. The lowest BCUT2D eigenvalue weighted by Crippen LogP contribution is -1.87. The first-order valence-electron chi connectivity index (χ1n) is 5.29. The third kappa shape index (κ3) is 3.22. The van der Waals surface area contributed by atoms with E-state index in [0.717, 1.165) is 0 Å². The maximum Gasteiger partial charge on any atom is 0.143 e. The second kappa shape index (κ2) is 5.84. The highest BCUT2D eigenvalue weighted by atomic mass is 79.9. The molecule has 0 unspecified atom stereocenters. The first-order valence-corrected chi connectivity index (χ1v) is 6.87. The summed E-state index contributed by atoms with van der Waals surface area (Å²) < 4.78 is 27.8. The standard InChI is InChI=1S/C14H8Br2F2O/c15-10-6-8(7-11(16)14(10)19)4-5-9-12(17)2-1-3-13(9)18/h1-7,19H/b5-4+. The van der Waals surface area contributed by atoms with Crippen LogP contribution in [0.2, 0.25) is 0 Å². The van der Waals surface area contributed by atoms with E-state index in [1.807, 2.05) is 0 Å². The van der Waals surface area contributed by atoms with Gasteiger partial charge in [-0.1, -0.05) is 12.1 Å². The molecule has 0 atom stereocenters. The summed E-state index contributed by atoms with van der Waals surface area (Å²) >= 11 is 6.38. The molecule has 0 spiro atoms. The molecule has 1 N–H and O–H groups in total. The number of hydrogen-bond acceptors (Lipinski definition) is 1. The van der Waals surface area contributed by atoms with Crippen LogP contribution < -0.4 is 0 Å². The Morgan fingerprint density at radius 3 is 2.00 bits per heavy atom. The first-order chi connectivity index (χ1) is 8.99. The molecule has 0 heterocycles. The van der Waals surface area contributed by atoms with Gasteiger partial charge in [0, 0.05) is 5.56 Å². The van der Waals surface area contributed by atoms with E-state index in [4.69, 9.17) is 0 Å². The van der Waals surface area contributed by atoms with Crippen LogP contribution in [0.15, 0.2) is 39.3 Å². The van der Waals surface area contributed by atoms with E-state index in [1.165, 1.54) is 24.3 Å². The van der Waals surface area contributed by atoms with Gasteiger partial charge in [0.2, 0.25) is 0 Å². The van der Waals surface area contributed by atoms with E-state index in [-0.39, 0.29) is 11.3 Å². The maximum absolute atomic E-state index is 13.4. The molecule has 98 valence electrons. The molecule has 5 heteroatoms. The lowest BCUT2D eigenvalue weighted by atomic mass is 10.1. The SMILES string of the molecule is Oc1c(Br)cc(/C=C/c2c(F)cccc2F)cc1Br. The molecule has 1 nitrogen and oxygen atoms in total. The second-order valence-electron chi connectivity index (χ2n) is 3.80. The zero-order chi connectivity index (χ0) is 14.0. The van der Waals surface area contributed by atoms with Gasteiger partial charge in [0.05, 0.1) is 8.95 Å². The van der Waals surface area contributed by atoms with Crippen molar-refractivity contribution in [2.75, 3.05) is 0 Å². The fraction of sp³-hybridized carbons (Fsp3) is 0. The van der Waals surface area contributed by atoms with Crippen LogP contribution in [-0.2, 0) is 0 Å². The fourth-order valence-electron chi connectivity index (χ4n) is 1.53. The Kier molecular flexibility index (Phi) is 4.37. The summed E-state index contributed by atoms with van der Waals surface area (Å²) in [5.74, 6) is -1.16. The highest BCUT2D eigenvalue weighted by molar-refractivity contribution is 9.11. The number of aromatic hydroxyl groups is 1. The zero-order valence-corrected chi connectivity index (χ0v) is 12.7. The molecule has 0 fully saturated rings. The fourth-order valence-corrected chi connectivity index (χ4v) is 2.75. The van der Waals surface area contributed by atoms with E-state index in [9.17, 15) is 13.9 Å². The lowest BCUT2D eigenvalue weighted by Gasteiger charge is -2.03. The van der Waals surface area contributed by atoms with E-state index in [0.29, 0.717) is 14.5 Å². The van der Waals surface area contributed by atoms with Crippen molar-refractivity contribution in [2.45, 2.75) is 0 Å². The van der Waals surface area contributed by atoms with Gasteiger partial charge >= 0.3 is 0 Å². The monoisotopic (exact) mass is 388 g/mol. The van der Waals surface area contributed by atoms with E-state index in [2.05, 4.69) is 31.9 Å². The molecule has 0 aliphatic heterocycles. The van der Waals surface area contributed by atoms with Crippen molar-refractivity contribution in [3.05, 3.63) is 62.0 Å². The van der Waals surface area contributed by atoms with Crippen molar-refractivity contribution in [3.63, 3.8) is 0 Å². The Balaban J connectivity index is 2.38. The Morgan fingerprint density at radius 1 is 0.947 bits per heavy atom. The Labute approximate surface area is 125 Å². The first kappa shape index (κ1) is 14.2. The number of phenolic OH excluding ortho intramolecular Hbond substituents is 1. The number of phenols is 1. The number of benzene rings is 2. The van der Waals surface area contributed by atoms with E-state index < -0.39 is 11.6 Å². The molecule has 0 amide bonds. The molecule has 0 saturated carbocycles. The van der Waals surface area contributed by atoms with Crippen molar-refractivity contribution in [3.8, 4) is 5.75 Å². The average molecular weight is 390 g/mol. The summed E-state index contributed by atoms with van der Waals surface area (Å²) in [4.78, 5) is 0. The van der Waals surface area contributed by atoms with Crippen LogP contribution in [0, 0.1) is 11.6 Å². The smallest absolute Gasteiger partial charge is 0.143 e. The molecule has 0 radical (unpaired) electrons. The highest BCUT2D eigenvalue weighted by Crippen LogP contribution is 2.33. The summed E-state index contributed by atoms with van der Waals surface area (Å²) in [6.45, 7) is 0. The van der Waals surface area contributed by atoms with Crippen molar-refractivity contribution >= 4 is 44.0 Å². The summed E-state index contributed by atoms with van der Waals surface area (Å²) in [6.07, 6.45) is 2.92. The number of hydrogen-bond donors (Lipinski definition) is 1. The van der Waals surface area contributed by atoms with Gasteiger partial charge in [-0.05, 0) is 67.8 Å². The highest BCUT2D eigenvalue weighted by Gasteiger charge is 2.06. The van der Waals surface area contributed by atoms with Gasteiger partial charge in [-0.15, -0.1) is 0 Å². The van der Waals surface area contributed by atoms with Gasteiger partial charge in [0.1, 0.15) is 17.4 Å². The van der Waals surface area contributed by atoms with Gasteiger partial charge in [0.15, 0.2) is 0 Å². The van der Waals surface area contributed by atoms with Crippen molar-refractivity contribution in [1.29, 1.82) is 0 Å². The van der Waals surface area contributed by atoms with Gasteiger partial charge in [-0.25, -0.2) is 8.78 Å². The van der Waals surface area contributed by atoms with Crippen LogP contribution in [0.5, 0.6) is 5.75 Å². The van der Waals surface area contributed by atoms with Crippen LogP contribution in [0.3, 0.4) is 0 Å². The van der Waals surface area contributed by atoms with E-state index in [1.54, 1.807) is 18.2 Å². The molecular formula is C14H8Br2F2O.